The van der Waals surface area contributed by atoms with E-state index in [0.717, 1.165) is 0 Å². The van der Waals surface area contributed by atoms with Gasteiger partial charge in [-0.25, -0.2) is 15.1 Å². The summed E-state index contributed by atoms with van der Waals surface area (Å²) in [5.41, 5.74) is 2.34. The Bertz CT molecular complexity index is 460. The Labute approximate surface area is 90.8 Å². The third-order valence-corrected chi connectivity index (χ3v) is 1.70. The van der Waals surface area contributed by atoms with Gasteiger partial charge in [-0.1, -0.05) is 0 Å². The first-order valence-electron chi connectivity index (χ1n) is 4.52. The molecule has 0 aliphatic carbocycles. The van der Waals surface area contributed by atoms with Crippen LogP contribution in [0.4, 0.5) is 0 Å². The SMILES string of the molecule is O=C(Cn1cncn1)N/N=C\c1ccco1. The molecule has 82 valence electrons. The minimum Gasteiger partial charge on any atom is -0.463 e. The molecule has 7 nitrogen and oxygen atoms in total. The van der Waals surface area contributed by atoms with Crippen molar-refractivity contribution in [3.63, 3.8) is 0 Å². The average molecular weight is 219 g/mol. The normalized spacial score (nSPS) is 10.8. The number of hydrogen-bond acceptors (Lipinski definition) is 5. The maximum absolute atomic E-state index is 11.3. The second-order valence-electron chi connectivity index (χ2n) is 2.90. The number of carbonyl (C=O) groups is 1. The van der Waals surface area contributed by atoms with Gasteiger partial charge in [0.15, 0.2) is 0 Å². The number of rotatable bonds is 4. The monoisotopic (exact) mass is 219 g/mol. The number of amides is 1. The summed E-state index contributed by atoms with van der Waals surface area (Å²) in [5.74, 6) is 0.286. The standard InChI is InChI=1S/C9H9N5O2/c15-9(5-14-7-10-6-12-14)13-11-4-8-2-1-3-16-8/h1-4,6-7H,5H2,(H,13,15)/b11-4-. The predicted molar refractivity (Wildman–Crippen MR) is 54.5 cm³/mol. The van der Waals surface area contributed by atoms with Gasteiger partial charge in [0.2, 0.25) is 0 Å². The highest BCUT2D eigenvalue weighted by Gasteiger charge is 2.00. The van der Waals surface area contributed by atoms with Crippen molar-refractivity contribution >= 4 is 12.1 Å². The molecule has 0 unspecified atom stereocenters. The van der Waals surface area contributed by atoms with Gasteiger partial charge in [-0.05, 0) is 12.1 Å². The molecule has 2 aromatic rings. The van der Waals surface area contributed by atoms with E-state index >= 15 is 0 Å². The van der Waals surface area contributed by atoms with E-state index in [1.807, 2.05) is 0 Å². The number of nitrogens with zero attached hydrogens (tertiary/aromatic N) is 4. The molecule has 7 heteroatoms. The molecule has 2 heterocycles. The van der Waals surface area contributed by atoms with E-state index in [1.165, 1.54) is 29.8 Å². The van der Waals surface area contributed by atoms with Gasteiger partial charge in [-0.15, -0.1) is 0 Å². The van der Waals surface area contributed by atoms with Crippen molar-refractivity contribution in [3.8, 4) is 0 Å². The second-order valence-corrected chi connectivity index (χ2v) is 2.90. The number of nitrogens with one attached hydrogen (secondary N) is 1. The lowest BCUT2D eigenvalue weighted by molar-refractivity contribution is -0.121. The summed E-state index contributed by atoms with van der Waals surface area (Å²) < 4.78 is 6.39. The fraction of sp³-hybridized carbons (Fsp3) is 0.111. The average Bonchev–Trinajstić information content (AvgIpc) is 2.90. The highest BCUT2D eigenvalue weighted by molar-refractivity contribution is 5.80. The van der Waals surface area contributed by atoms with Crippen LogP contribution >= 0.6 is 0 Å². The van der Waals surface area contributed by atoms with Crippen molar-refractivity contribution in [2.24, 2.45) is 5.10 Å². The molecule has 0 fully saturated rings. The van der Waals surface area contributed by atoms with E-state index < -0.39 is 0 Å². The lowest BCUT2D eigenvalue weighted by Gasteiger charge is -1.97. The molecular formula is C9H9N5O2. The third kappa shape index (κ3) is 2.77. The summed E-state index contributed by atoms with van der Waals surface area (Å²) in [6, 6.07) is 3.46. The molecule has 1 N–H and O–H groups in total. The van der Waals surface area contributed by atoms with E-state index in [9.17, 15) is 4.79 Å². The van der Waals surface area contributed by atoms with Crippen LogP contribution < -0.4 is 5.43 Å². The van der Waals surface area contributed by atoms with Crippen molar-refractivity contribution in [1.82, 2.24) is 20.2 Å². The van der Waals surface area contributed by atoms with Gasteiger partial charge < -0.3 is 4.42 Å². The molecule has 0 aliphatic heterocycles. The topological polar surface area (TPSA) is 85.3 Å². The minimum absolute atomic E-state index is 0.0789. The van der Waals surface area contributed by atoms with Crippen molar-refractivity contribution < 1.29 is 9.21 Å². The summed E-state index contributed by atoms with van der Waals surface area (Å²) in [4.78, 5) is 15.0. The first-order valence-corrected chi connectivity index (χ1v) is 4.52. The molecule has 0 aromatic carbocycles. The highest BCUT2D eigenvalue weighted by atomic mass is 16.3. The fourth-order valence-corrected chi connectivity index (χ4v) is 1.03. The molecule has 0 aliphatic rings. The molecule has 2 aromatic heterocycles. The summed E-state index contributed by atoms with van der Waals surface area (Å²) in [7, 11) is 0. The maximum Gasteiger partial charge on any atom is 0.261 e. The zero-order valence-electron chi connectivity index (χ0n) is 8.28. The van der Waals surface area contributed by atoms with Gasteiger partial charge in [-0.2, -0.15) is 10.2 Å². The van der Waals surface area contributed by atoms with Crippen LogP contribution in [-0.4, -0.2) is 26.9 Å². The summed E-state index contributed by atoms with van der Waals surface area (Å²) >= 11 is 0. The van der Waals surface area contributed by atoms with Crippen LogP contribution in [0, 0.1) is 0 Å². The summed E-state index contributed by atoms with van der Waals surface area (Å²) in [5, 5.41) is 7.50. The first-order chi connectivity index (χ1) is 7.84. The van der Waals surface area contributed by atoms with Crippen LogP contribution in [-0.2, 0) is 11.3 Å². The molecule has 16 heavy (non-hydrogen) atoms. The van der Waals surface area contributed by atoms with E-state index in [-0.39, 0.29) is 12.5 Å². The van der Waals surface area contributed by atoms with Crippen molar-refractivity contribution in [3.05, 3.63) is 36.8 Å². The highest BCUT2D eigenvalue weighted by Crippen LogP contribution is 1.94. The molecule has 0 spiro atoms. The zero-order valence-corrected chi connectivity index (χ0v) is 8.28. The molecule has 0 radical (unpaired) electrons. The summed E-state index contributed by atoms with van der Waals surface area (Å²) in [6.45, 7) is 0.0789. The van der Waals surface area contributed by atoms with Gasteiger partial charge in [0, 0.05) is 0 Å². The van der Waals surface area contributed by atoms with Crippen LogP contribution in [0.15, 0.2) is 40.6 Å². The Kier molecular flexibility index (Phi) is 3.07. The Hall–Kier alpha value is -2.44. The predicted octanol–water partition coefficient (Wildman–Crippen LogP) is 0.0214. The second kappa shape index (κ2) is 4.87. The first kappa shape index (κ1) is 10.1. The molecule has 2 rings (SSSR count). The quantitative estimate of drug-likeness (QED) is 0.580. The minimum atomic E-state index is -0.284. The van der Waals surface area contributed by atoms with Crippen LogP contribution in [0.1, 0.15) is 5.76 Å². The van der Waals surface area contributed by atoms with Crippen LogP contribution in [0.25, 0.3) is 0 Å². The number of furan rings is 1. The maximum atomic E-state index is 11.3. The Balaban J connectivity index is 1.80. The van der Waals surface area contributed by atoms with Crippen molar-refractivity contribution in [1.29, 1.82) is 0 Å². The van der Waals surface area contributed by atoms with E-state index in [0.29, 0.717) is 5.76 Å². The Morgan fingerprint density at radius 1 is 1.69 bits per heavy atom. The molecule has 0 saturated heterocycles. The third-order valence-electron chi connectivity index (χ3n) is 1.70. The van der Waals surface area contributed by atoms with Gasteiger partial charge in [0.25, 0.3) is 5.91 Å². The molecule has 0 atom stereocenters. The van der Waals surface area contributed by atoms with Crippen LogP contribution in [0.3, 0.4) is 0 Å². The largest absolute Gasteiger partial charge is 0.463 e. The number of aromatic nitrogens is 3. The number of carbonyl (C=O) groups excluding carboxylic acids is 1. The van der Waals surface area contributed by atoms with E-state index in [2.05, 4.69) is 20.6 Å². The van der Waals surface area contributed by atoms with Crippen LogP contribution in [0.2, 0.25) is 0 Å². The number of hydrogen-bond donors (Lipinski definition) is 1. The smallest absolute Gasteiger partial charge is 0.261 e. The zero-order chi connectivity index (χ0) is 11.2. The van der Waals surface area contributed by atoms with Gasteiger partial charge in [-0.3, -0.25) is 4.79 Å². The number of hydrazone groups is 1. The van der Waals surface area contributed by atoms with E-state index in [4.69, 9.17) is 4.42 Å². The lowest BCUT2D eigenvalue weighted by Crippen LogP contribution is -2.23. The molecule has 0 saturated carbocycles. The van der Waals surface area contributed by atoms with Crippen molar-refractivity contribution in [2.45, 2.75) is 6.54 Å². The van der Waals surface area contributed by atoms with Gasteiger partial charge in [0.05, 0.1) is 12.5 Å². The van der Waals surface area contributed by atoms with Gasteiger partial charge >= 0.3 is 0 Å². The molecule has 1 amide bonds. The molecular weight excluding hydrogens is 210 g/mol. The van der Waals surface area contributed by atoms with Gasteiger partial charge in [0.1, 0.15) is 25.0 Å². The summed E-state index contributed by atoms with van der Waals surface area (Å²) in [6.07, 6.45) is 5.76. The van der Waals surface area contributed by atoms with E-state index in [1.54, 1.807) is 12.1 Å². The fourth-order valence-electron chi connectivity index (χ4n) is 1.03. The Morgan fingerprint density at radius 3 is 3.31 bits per heavy atom. The molecule has 0 bridgehead atoms. The van der Waals surface area contributed by atoms with Crippen LogP contribution in [0.5, 0.6) is 0 Å². The lowest BCUT2D eigenvalue weighted by atomic mass is 10.5. The Morgan fingerprint density at radius 2 is 2.62 bits per heavy atom. The van der Waals surface area contributed by atoms with Crippen molar-refractivity contribution in [2.75, 3.05) is 0 Å².